The van der Waals surface area contributed by atoms with Gasteiger partial charge in [-0.05, 0) is 5.56 Å². The highest BCUT2D eigenvalue weighted by Crippen LogP contribution is 2.23. The van der Waals surface area contributed by atoms with Crippen LogP contribution in [0, 0.1) is 0 Å². The number of carbonyl (C=O) groups excluding carboxylic acids is 1. The van der Waals surface area contributed by atoms with Crippen molar-refractivity contribution < 1.29 is 14.6 Å². The molecule has 0 aromatic heterocycles. The number of cyclic esters (lactones) is 1. The van der Waals surface area contributed by atoms with Crippen molar-refractivity contribution in [2.75, 3.05) is 6.61 Å². The van der Waals surface area contributed by atoms with E-state index in [9.17, 15) is 9.90 Å². The van der Waals surface area contributed by atoms with Crippen molar-refractivity contribution >= 4 is 5.97 Å². The molecule has 3 heteroatoms. The molecular weight excluding hydrogens is 180 g/mol. The Hall–Kier alpha value is -1.35. The molecule has 1 heterocycles. The van der Waals surface area contributed by atoms with Gasteiger partial charge in [-0.25, -0.2) is 0 Å². The Kier molecular flexibility index (Phi) is 2.25. The first-order valence-corrected chi connectivity index (χ1v) is 4.60. The van der Waals surface area contributed by atoms with Crippen LogP contribution >= 0.6 is 0 Å². The Morgan fingerprint density at radius 2 is 2.07 bits per heavy atom. The minimum Gasteiger partial charge on any atom is -0.462 e. The first-order valence-electron chi connectivity index (χ1n) is 4.60. The topological polar surface area (TPSA) is 46.5 Å². The van der Waals surface area contributed by atoms with Crippen molar-refractivity contribution in [2.45, 2.75) is 18.4 Å². The SMILES string of the molecule is O=C1CC(O)(Cc2ccccc2)CO1. The van der Waals surface area contributed by atoms with Gasteiger partial charge in [0.2, 0.25) is 0 Å². The minimum atomic E-state index is -1.00. The molecule has 1 aliphatic heterocycles. The van der Waals surface area contributed by atoms with Gasteiger partial charge < -0.3 is 9.84 Å². The molecule has 0 radical (unpaired) electrons. The Balaban J connectivity index is 2.08. The normalized spacial score (nSPS) is 26.2. The van der Waals surface area contributed by atoms with Crippen LogP contribution in [0.2, 0.25) is 0 Å². The first-order chi connectivity index (χ1) is 6.68. The number of hydrogen-bond donors (Lipinski definition) is 1. The molecule has 0 amide bonds. The first kappa shape index (κ1) is 9.21. The van der Waals surface area contributed by atoms with E-state index in [0.29, 0.717) is 6.42 Å². The number of ether oxygens (including phenoxy) is 1. The molecule has 2 rings (SSSR count). The molecule has 1 N–H and O–H groups in total. The molecule has 1 aliphatic rings. The maximum atomic E-state index is 10.9. The predicted molar refractivity (Wildman–Crippen MR) is 50.7 cm³/mol. The Labute approximate surface area is 82.3 Å². The quantitative estimate of drug-likeness (QED) is 0.708. The number of carbonyl (C=O) groups is 1. The van der Waals surface area contributed by atoms with Crippen LogP contribution in [0.25, 0.3) is 0 Å². The second-order valence-electron chi connectivity index (χ2n) is 3.72. The van der Waals surface area contributed by atoms with E-state index >= 15 is 0 Å². The van der Waals surface area contributed by atoms with Crippen LogP contribution < -0.4 is 0 Å². The molecular formula is C11H12O3. The largest absolute Gasteiger partial charge is 0.462 e. The third-order valence-corrected chi connectivity index (χ3v) is 2.35. The molecule has 0 bridgehead atoms. The van der Waals surface area contributed by atoms with Crippen molar-refractivity contribution in [3.8, 4) is 0 Å². The standard InChI is InChI=1S/C11H12O3/c12-10-7-11(13,8-14-10)6-9-4-2-1-3-5-9/h1-5,13H,6-8H2. The lowest BCUT2D eigenvalue weighted by molar-refractivity contribution is -0.137. The lowest BCUT2D eigenvalue weighted by atomic mass is 9.94. The lowest BCUT2D eigenvalue weighted by Crippen LogP contribution is -2.31. The molecule has 1 fully saturated rings. The fourth-order valence-corrected chi connectivity index (χ4v) is 1.67. The van der Waals surface area contributed by atoms with Gasteiger partial charge in [0.15, 0.2) is 0 Å². The van der Waals surface area contributed by atoms with Crippen LogP contribution in [-0.2, 0) is 16.0 Å². The number of benzene rings is 1. The maximum absolute atomic E-state index is 10.9. The number of rotatable bonds is 2. The van der Waals surface area contributed by atoms with Crippen molar-refractivity contribution in [3.05, 3.63) is 35.9 Å². The van der Waals surface area contributed by atoms with E-state index in [4.69, 9.17) is 4.74 Å². The fourth-order valence-electron chi connectivity index (χ4n) is 1.67. The van der Waals surface area contributed by atoms with E-state index in [1.807, 2.05) is 30.3 Å². The Bertz CT molecular complexity index is 334. The van der Waals surface area contributed by atoms with Crippen LogP contribution in [0.3, 0.4) is 0 Å². The fraction of sp³-hybridized carbons (Fsp3) is 0.364. The van der Waals surface area contributed by atoms with Gasteiger partial charge in [-0.15, -0.1) is 0 Å². The summed E-state index contributed by atoms with van der Waals surface area (Å²) in [5.74, 6) is -0.316. The van der Waals surface area contributed by atoms with Crippen LogP contribution in [-0.4, -0.2) is 23.3 Å². The lowest BCUT2D eigenvalue weighted by Gasteiger charge is -2.18. The van der Waals surface area contributed by atoms with Gasteiger partial charge in [0.1, 0.15) is 12.2 Å². The van der Waals surface area contributed by atoms with E-state index in [2.05, 4.69) is 0 Å². The molecule has 1 aromatic carbocycles. The number of esters is 1. The third-order valence-electron chi connectivity index (χ3n) is 2.35. The number of aliphatic hydroxyl groups is 1. The smallest absolute Gasteiger partial charge is 0.308 e. The molecule has 3 nitrogen and oxygen atoms in total. The summed E-state index contributed by atoms with van der Waals surface area (Å²) in [6, 6.07) is 9.61. The van der Waals surface area contributed by atoms with Crippen LogP contribution in [0.15, 0.2) is 30.3 Å². The molecule has 1 saturated heterocycles. The molecule has 0 aliphatic carbocycles. The number of hydrogen-bond acceptors (Lipinski definition) is 3. The van der Waals surface area contributed by atoms with E-state index in [-0.39, 0.29) is 19.0 Å². The summed E-state index contributed by atoms with van der Waals surface area (Å²) in [5, 5.41) is 9.97. The van der Waals surface area contributed by atoms with Gasteiger partial charge in [-0.3, -0.25) is 4.79 Å². The third kappa shape index (κ3) is 1.93. The molecule has 14 heavy (non-hydrogen) atoms. The van der Waals surface area contributed by atoms with Crippen molar-refractivity contribution in [2.24, 2.45) is 0 Å². The summed E-state index contributed by atoms with van der Waals surface area (Å²) in [4.78, 5) is 10.9. The van der Waals surface area contributed by atoms with E-state index < -0.39 is 5.60 Å². The molecule has 1 atom stereocenters. The van der Waals surface area contributed by atoms with E-state index in [0.717, 1.165) is 5.56 Å². The summed E-state index contributed by atoms with van der Waals surface area (Å²) in [7, 11) is 0. The second kappa shape index (κ2) is 3.42. The average molecular weight is 192 g/mol. The second-order valence-corrected chi connectivity index (χ2v) is 3.72. The van der Waals surface area contributed by atoms with E-state index in [1.54, 1.807) is 0 Å². The minimum absolute atomic E-state index is 0.0991. The highest BCUT2D eigenvalue weighted by atomic mass is 16.6. The van der Waals surface area contributed by atoms with Gasteiger partial charge >= 0.3 is 5.97 Å². The summed E-state index contributed by atoms with van der Waals surface area (Å²) in [6.45, 7) is 0.112. The Morgan fingerprint density at radius 3 is 2.64 bits per heavy atom. The zero-order valence-electron chi connectivity index (χ0n) is 7.77. The summed E-state index contributed by atoms with van der Waals surface area (Å²) in [5.41, 5.74) is 0.0200. The highest BCUT2D eigenvalue weighted by Gasteiger charge is 2.38. The predicted octanol–water partition coefficient (Wildman–Crippen LogP) is 0.907. The molecule has 1 aromatic rings. The van der Waals surface area contributed by atoms with Crippen molar-refractivity contribution in [1.82, 2.24) is 0 Å². The van der Waals surface area contributed by atoms with Gasteiger partial charge in [-0.1, -0.05) is 30.3 Å². The summed E-state index contributed by atoms with van der Waals surface area (Å²) in [6.07, 6.45) is 0.571. The van der Waals surface area contributed by atoms with Crippen LogP contribution in [0.5, 0.6) is 0 Å². The zero-order chi connectivity index (χ0) is 10.0. The zero-order valence-corrected chi connectivity index (χ0v) is 7.77. The molecule has 0 spiro atoms. The highest BCUT2D eigenvalue weighted by molar-refractivity contribution is 5.73. The molecule has 1 unspecified atom stereocenters. The average Bonchev–Trinajstić information content (AvgIpc) is 2.47. The summed E-state index contributed by atoms with van der Waals surface area (Å²) < 4.78 is 4.75. The van der Waals surface area contributed by atoms with Crippen molar-refractivity contribution in [3.63, 3.8) is 0 Å². The monoisotopic (exact) mass is 192 g/mol. The van der Waals surface area contributed by atoms with E-state index in [1.165, 1.54) is 0 Å². The molecule has 0 saturated carbocycles. The van der Waals surface area contributed by atoms with Crippen LogP contribution in [0.1, 0.15) is 12.0 Å². The summed E-state index contributed by atoms with van der Waals surface area (Å²) >= 11 is 0. The van der Waals surface area contributed by atoms with Gasteiger partial charge in [0, 0.05) is 6.42 Å². The maximum Gasteiger partial charge on any atom is 0.308 e. The van der Waals surface area contributed by atoms with Gasteiger partial charge in [0.05, 0.1) is 6.42 Å². The van der Waals surface area contributed by atoms with Gasteiger partial charge in [0.25, 0.3) is 0 Å². The van der Waals surface area contributed by atoms with Crippen molar-refractivity contribution in [1.29, 1.82) is 0 Å². The Morgan fingerprint density at radius 1 is 1.36 bits per heavy atom. The van der Waals surface area contributed by atoms with Crippen LogP contribution in [0.4, 0.5) is 0 Å². The molecule has 74 valence electrons. The van der Waals surface area contributed by atoms with Gasteiger partial charge in [-0.2, -0.15) is 0 Å².